The van der Waals surface area contributed by atoms with E-state index in [4.69, 9.17) is 0 Å². The number of hydrogen-bond donors (Lipinski definition) is 2. The maximum Gasteiger partial charge on any atom is 0.362 e. The molecule has 7 heteroatoms. The normalized spacial score (nSPS) is 16.1. The molecule has 0 aromatic heterocycles. The number of carbonyl (C=O) groups is 3. The summed E-state index contributed by atoms with van der Waals surface area (Å²) in [6.07, 6.45) is 11.5. The van der Waals surface area contributed by atoms with Crippen molar-refractivity contribution in [3.05, 3.63) is 12.7 Å². The highest BCUT2D eigenvalue weighted by Crippen LogP contribution is 2.32. The fourth-order valence-corrected chi connectivity index (χ4v) is 5.00. The minimum Gasteiger partial charge on any atom is -0.544 e. The molecule has 0 rings (SSSR count). The van der Waals surface area contributed by atoms with Crippen LogP contribution in [0.3, 0.4) is 0 Å². The molecule has 0 aromatic rings. The topological polar surface area (TPSA) is 115 Å². The molecule has 0 fully saturated rings. The van der Waals surface area contributed by atoms with E-state index in [1.165, 1.54) is 12.8 Å². The zero-order valence-electron chi connectivity index (χ0n) is 19.7. The molecule has 0 radical (unpaired) electrons. The van der Waals surface area contributed by atoms with Crippen molar-refractivity contribution >= 4 is 17.9 Å². The molecule has 7 nitrogen and oxygen atoms in total. The van der Waals surface area contributed by atoms with Crippen LogP contribution in [0, 0.1) is 0 Å². The van der Waals surface area contributed by atoms with E-state index in [-0.39, 0.29) is 25.8 Å². The zero-order chi connectivity index (χ0) is 23.9. The van der Waals surface area contributed by atoms with Gasteiger partial charge in [0, 0.05) is 19.3 Å². The third kappa shape index (κ3) is 8.63. The van der Waals surface area contributed by atoms with Gasteiger partial charge in [-0.3, -0.25) is 4.48 Å². The molecule has 0 heterocycles. The molecule has 0 saturated heterocycles. The summed E-state index contributed by atoms with van der Waals surface area (Å²) >= 11 is 0. The fourth-order valence-electron chi connectivity index (χ4n) is 5.00. The second-order valence-electron chi connectivity index (χ2n) is 8.39. The van der Waals surface area contributed by atoms with Crippen LogP contribution < -0.4 is 5.11 Å². The molecule has 0 aliphatic heterocycles. The van der Waals surface area contributed by atoms with Crippen LogP contribution in [0.2, 0.25) is 0 Å². The summed E-state index contributed by atoms with van der Waals surface area (Å²) in [6.45, 7) is 8.94. The smallest absolute Gasteiger partial charge is 0.362 e. The molecule has 0 spiro atoms. The molecule has 2 N–H and O–H groups in total. The Hall–Kier alpha value is -1.89. The van der Waals surface area contributed by atoms with E-state index in [1.54, 1.807) is 20.8 Å². The number of rotatable bonds is 20. The second kappa shape index (κ2) is 15.8. The van der Waals surface area contributed by atoms with E-state index < -0.39 is 40.5 Å². The molecular formula is C24H43NO6. The molecule has 180 valence electrons. The van der Waals surface area contributed by atoms with Crippen molar-refractivity contribution in [2.75, 3.05) is 6.54 Å². The van der Waals surface area contributed by atoms with E-state index in [0.717, 1.165) is 38.5 Å². The Morgan fingerprint density at radius 1 is 0.774 bits per heavy atom. The Morgan fingerprint density at radius 3 is 1.48 bits per heavy atom. The van der Waals surface area contributed by atoms with Gasteiger partial charge in [-0.05, 0) is 25.7 Å². The number of carboxylic acids is 3. The first kappa shape index (κ1) is 29.1. The Bertz CT molecular complexity index is 507. The molecule has 3 atom stereocenters. The number of unbranched alkanes of at least 4 members (excludes halogenated alkanes) is 8. The summed E-state index contributed by atoms with van der Waals surface area (Å²) in [5, 5.41) is 31.8. The number of carbonyl (C=O) groups excluding carboxylic acids is 1. The number of carboxylic acid groups (broad SMARTS) is 3. The van der Waals surface area contributed by atoms with Gasteiger partial charge < -0.3 is 20.1 Å². The molecule has 0 aromatic carbocycles. The molecule has 0 aliphatic carbocycles. The van der Waals surface area contributed by atoms with Crippen LogP contribution in [-0.2, 0) is 14.4 Å². The lowest BCUT2D eigenvalue weighted by molar-refractivity contribution is -0.974. The third-order valence-electron chi connectivity index (χ3n) is 6.45. The first-order valence-electron chi connectivity index (χ1n) is 11.9. The largest absolute Gasteiger partial charge is 0.544 e. The van der Waals surface area contributed by atoms with E-state index >= 15 is 0 Å². The van der Waals surface area contributed by atoms with Crippen molar-refractivity contribution in [2.24, 2.45) is 0 Å². The van der Waals surface area contributed by atoms with Gasteiger partial charge in [0.1, 0.15) is 6.04 Å². The van der Waals surface area contributed by atoms with Crippen LogP contribution in [0.15, 0.2) is 12.7 Å². The summed E-state index contributed by atoms with van der Waals surface area (Å²) in [7, 11) is 0. The summed E-state index contributed by atoms with van der Waals surface area (Å²) < 4.78 is -0.474. The molecule has 0 bridgehead atoms. The zero-order valence-corrected chi connectivity index (χ0v) is 19.7. The quantitative estimate of drug-likeness (QED) is 0.169. The number of hydrogen-bond acceptors (Lipinski definition) is 4. The van der Waals surface area contributed by atoms with Gasteiger partial charge >= 0.3 is 11.9 Å². The number of nitrogens with zero attached hydrogens (tertiary/aromatic N) is 1. The van der Waals surface area contributed by atoms with E-state index in [9.17, 15) is 29.7 Å². The minimum absolute atomic E-state index is 0.126. The van der Waals surface area contributed by atoms with Crippen molar-refractivity contribution in [3.63, 3.8) is 0 Å². The standard InChI is InChI=1S/C24H43NO6/c1-5-9-10-11-12-13-14-15-16-17-18-25(19(6-2)22(26)27,20(7-3)23(28)29)21(8-4)24(30)31/h5,19-21H,1,6-18H2,2-4H3,(H2-,26,27,28,29,30,31). The van der Waals surface area contributed by atoms with Gasteiger partial charge in [0.05, 0.1) is 12.5 Å². The lowest BCUT2D eigenvalue weighted by atomic mass is 9.93. The lowest BCUT2D eigenvalue weighted by Crippen LogP contribution is -2.73. The highest BCUT2D eigenvalue weighted by Gasteiger charge is 2.53. The maximum absolute atomic E-state index is 12.1. The Morgan fingerprint density at radius 2 is 1.16 bits per heavy atom. The first-order chi connectivity index (χ1) is 14.7. The van der Waals surface area contributed by atoms with Crippen LogP contribution in [0.1, 0.15) is 97.8 Å². The monoisotopic (exact) mass is 441 g/mol. The average Bonchev–Trinajstić information content (AvgIpc) is 2.69. The Balaban J connectivity index is 5.43. The maximum atomic E-state index is 12.1. The highest BCUT2D eigenvalue weighted by molar-refractivity contribution is 5.77. The average molecular weight is 442 g/mol. The van der Waals surface area contributed by atoms with E-state index in [0.29, 0.717) is 6.42 Å². The van der Waals surface area contributed by atoms with Gasteiger partial charge in [-0.1, -0.05) is 59.0 Å². The van der Waals surface area contributed by atoms with E-state index in [2.05, 4.69) is 6.58 Å². The van der Waals surface area contributed by atoms with Crippen molar-refractivity contribution in [1.82, 2.24) is 0 Å². The van der Waals surface area contributed by atoms with E-state index in [1.807, 2.05) is 6.08 Å². The van der Waals surface area contributed by atoms with Gasteiger partial charge in [-0.25, -0.2) is 9.59 Å². The molecular weight excluding hydrogens is 398 g/mol. The van der Waals surface area contributed by atoms with Crippen molar-refractivity contribution < 1.29 is 34.2 Å². The Kier molecular flexibility index (Phi) is 14.9. The fraction of sp³-hybridized carbons (Fsp3) is 0.792. The summed E-state index contributed by atoms with van der Waals surface area (Å²) in [6, 6.07) is -3.38. The van der Waals surface area contributed by atoms with Crippen molar-refractivity contribution in [2.45, 2.75) is 116 Å². The number of aliphatic carboxylic acids is 3. The molecule has 0 aliphatic rings. The third-order valence-corrected chi connectivity index (χ3v) is 6.45. The second-order valence-corrected chi connectivity index (χ2v) is 8.39. The molecule has 0 amide bonds. The summed E-state index contributed by atoms with van der Waals surface area (Å²) in [5.74, 6) is -3.68. The van der Waals surface area contributed by atoms with Crippen molar-refractivity contribution in [1.29, 1.82) is 0 Å². The Labute approximate surface area is 187 Å². The number of quaternary nitrogens is 1. The van der Waals surface area contributed by atoms with Crippen LogP contribution in [0.4, 0.5) is 0 Å². The summed E-state index contributed by atoms with van der Waals surface area (Å²) in [4.78, 5) is 36.3. The lowest BCUT2D eigenvalue weighted by Gasteiger charge is -2.51. The van der Waals surface area contributed by atoms with Crippen LogP contribution >= 0.6 is 0 Å². The van der Waals surface area contributed by atoms with Gasteiger partial charge in [0.25, 0.3) is 0 Å². The number of allylic oxidation sites excluding steroid dienone is 1. The van der Waals surface area contributed by atoms with Gasteiger partial charge in [0.2, 0.25) is 0 Å². The molecule has 31 heavy (non-hydrogen) atoms. The first-order valence-corrected chi connectivity index (χ1v) is 11.9. The predicted molar refractivity (Wildman–Crippen MR) is 119 cm³/mol. The highest BCUT2D eigenvalue weighted by atomic mass is 16.4. The van der Waals surface area contributed by atoms with Gasteiger partial charge in [-0.15, -0.1) is 6.58 Å². The van der Waals surface area contributed by atoms with Crippen LogP contribution in [-0.4, -0.2) is 57.3 Å². The van der Waals surface area contributed by atoms with Crippen LogP contribution in [0.25, 0.3) is 0 Å². The predicted octanol–water partition coefficient (Wildman–Crippen LogP) is 3.76. The summed E-state index contributed by atoms with van der Waals surface area (Å²) in [5.41, 5.74) is 0. The molecule has 3 unspecified atom stereocenters. The minimum atomic E-state index is -1.37. The molecule has 0 saturated carbocycles. The van der Waals surface area contributed by atoms with Crippen LogP contribution in [0.5, 0.6) is 0 Å². The van der Waals surface area contributed by atoms with Gasteiger partial charge in [-0.2, -0.15) is 0 Å². The SMILES string of the molecule is C=CCCCCCCCCCC[N+](C(CC)C(=O)[O-])(C(CC)C(=O)O)C(CC)C(=O)O. The van der Waals surface area contributed by atoms with Gasteiger partial charge in [0.15, 0.2) is 12.1 Å². The van der Waals surface area contributed by atoms with Crippen molar-refractivity contribution in [3.8, 4) is 0 Å².